The molecule has 1 atom stereocenters. The Labute approximate surface area is 199 Å². The first kappa shape index (κ1) is 20.2. The van der Waals surface area contributed by atoms with E-state index < -0.39 is 0 Å². The molecule has 0 fully saturated rings. The molecule has 0 saturated heterocycles. The molecule has 1 unspecified atom stereocenters. The minimum absolute atomic E-state index is 0.0764. The predicted molar refractivity (Wildman–Crippen MR) is 132 cm³/mol. The number of rotatable bonds is 2. The van der Waals surface area contributed by atoms with Crippen LogP contribution >= 0.6 is 22.9 Å². The summed E-state index contributed by atoms with van der Waals surface area (Å²) in [4.78, 5) is 19.3. The Kier molecular flexibility index (Phi) is 4.82. The molecule has 0 saturated carbocycles. The third-order valence-electron chi connectivity index (χ3n) is 6.23. The number of phenolic OH excluding ortho intramolecular Hbond substituents is 1. The first-order valence-corrected chi connectivity index (χ1v) is 12.0. The lowest BCUT2D eigenvalue weighted by Gasteiger charge is -2.30. The lowest BCUT2D eigenvalue weighted by atomic mass is 9.83. The van der Waals surface area contributed by atoms with Crippen LogP contribution in [0.3, 0.4) is 0 Å². The Morgan fingerprint density at radius 3 is 2.67 bits per heavy atom. The summed E-state index contributed by atoms with van der Waals surface area (Å²) in [5.74, 6) is 0.169. The van der Waals surface area contributed by atoms with Gasteiger partial charge in [0.05, 0.1) is 16.3 Å². The molecule has 1 aliphatic heterocycles. The molecule has 162 valence electrons. The number of aromatic hydroxyl groups is 1. The third-order valence-corrected chi connectivity index (χ3v) is 7.46. The summed E-state index contributed by atoms with van der Waals surface area (Å²) in [7, 11) is 0. The molecule has 0 bridgehead atoms. The van der Waals surface area contributed by atoms with Crippen molar-refractivity contribution >= 4 is 34.7 Å². The van der Waals surface area contributed by atoms with Crippen LogP contribution in [-0.4, -0.2) is 9.67 Å². The zero-order valence-corrected chi connectivity index (χ0v) is 19.1. The van der Waals surface area contributed by atoms with Gasteiger partial charge in [0.15, 0.2) is 4.80 Å². The highest BCUT2D eigenvalue weighted by molar-refractivity contribution is 7.07. The average molecular weight is 471 g/mol. The van der Waals surface area contributed by atoms with Gasteiger partial charge in [-0.2, -0.15) is 0 Å². The number of allylic oxidation sites excluding steroid dienone is 1. The van der Waals surface area contributed by atoms with E-state index in [-0.39, 0.29) is 17.4 Å². The number of hydrogen-bond donors (Lipinski definition) is 1. The Morgan fingerprint density at radius 2 is 1.85 bits per heavy atom. The first-order chi connectivity index (χ1) is 16.1. The Hall–Kier alpha value is -3.41. The van der Waals surface area contributed by atoms with Crippen molar-refractivity contribution in [2.45, 2.75) is 18.9 Å². The van der Waals surface area contributed by atoms with Gasteiger partial charge in [0, 0.05) is 10.6 Å². The van der Waals surface area contributed by atoms with Crippen LogP contribution in [0.2, 0.25) is 5.02 Å². The Balaban J connectivity index is 1.63. The van der Waals surface area contributed by atoms with E-state index in [1.165, 1.54) is 16.9 Å². The van der Waals surface area contributed by atoms with Crippen molar-refractivity contribution in [3.8, 4) is 5.75 Å². The lowest BCUT2D eigenvalue weighted by molar-refractivity contribution is 0.475. The maximum absolute atomic E-state index is 13.6. The molecule has 3 aromatic carbocycles. The van der Waals surface area contributed by atoms with Gasteiger partial charge in [0.1, 0.15) is 5.75 Å². The van der Waals surface area contributed by atoms with E-state index in [4.69, 9.17) is 16.6 Å². The molecule has 0 spiro atoms. The molecule has 33 heavy (non-hydrogen) atoms. The number of thiazole rings is 1. The maximum Gasteiger partial charge on any atom is 0.271 e. The maximum atomic E-state index is 13.6. The highest BCUT2D eigenvalue weighted by Gasteiger charge is 2.32. The van der Waals surface area contributed by atoms with E-state index in [0.717, 1.165) is 40.8 Å². The number of benzene rings is 3. The van der Waals surface area contributed by atoms with Crippen molar-refractivity contribution in [1.82, 2.24) is 4.57 Å². The van der Waals surface area contributed by atoms with Crippen LogP contribution < -0.4 is 14.9 Å². The Morgan fingerprint density at radius 1 is 1.03 bits per heavy atom. The van der Waals surface area contributed by atoms with Gasteiger partial charge in [-0.1, -0.05) is 71.5 Å². The molecule has 2 heterocycles. The zero-order valence-electron chi connectivity index (χ0n) is 17.5. The van der Waals surface area contributed by atoms with Crippen LogP contribution in [0, 0.1) is 0 Å². The molecular formula is C27H19ClN2O2S. The summed E-state index contributed by atoms with van der Waals surface area (Å²) < 4.78 is 2.40. The molecule has 1 aliphatic carbocycles. The number of halogens is 1. The second kappa shape index (κ2) is 7.87. The number of fused-ring (bicyclic) bond motifs is 3. The van der Waals surface area contributed by atoms with Crippen molar-refractivity contribution < 1.29 is 5.11 Å². The fourth-order valence-electron chi connectivity index (χ4n) is 4.73. The van der Waals surface area contributed by atoms with E-state index in [1.54, 1.807) is 18.2 Å². The van der Waals surface area contributed by atoms with Gasteiger partial charge < -0.3 is 5.11 Å². The fourth-order valence-corrected chi connectivity index (χ4v) is 5.86. The van der Waals surface area contributed by atoms with Gasteiger partial charge in [0.25, 0.3) is 5.56 Å². The van der Waals surface area contributed by atoms with Crippen molar-refractivity contribution in [2.24, 2.45) is 4.99 Å². The highest BCUT2D eigenvalue weighted by Crippen LogP contribution is 2.41. The number of aromatic nitrogens is 1. The number of nitrogens with zero attached hydrogens (tertiary/aromatic N) is 2. The number of phenols is 1. The summed E-state index contributed by atoms with van der Waals surface area (Å²) in [6.45, 7) is 0. The highest BCUT2D eigenvalue weighted by atomic mass is 35.5. The van der Waals surface area contributed by atoms with Gasteiger partial charge in [-0.15, -0.1) is 0 Å². The number of hydrogen-bond acceptors (Lipinski definition) is 4. The van der Waals surface area contributed by atoms with E-state index in [0.29, 0.717) is 14.4 Å². The van der Waals surface area contributed by atoms with Gasteiger partial charge >= 0.3 is 0 Å². The van der Waals surface area contributed by atoms with Crippen LogP contribution in [-0.2, 0) is 6.42 Å². The van der Waals surface area contributed by atoms with Gasteiger partial charge in [-0.05, 0) is 65.4 Å². The second-order valence-corrected chi connectivity index (χ2v) is 9.71. The molecule has 1 aromatic heterocycles. The van der Waals surface area contributed by atoms with E-state index in [9.17, 15) is 9.90 Å². The molecule has 0 radical (unpaired) electrons. The summed E-state index contributed by atoms with van der Waals surface area (Å²) in [6, 6.07) is 22.8. The molecule has 0 amide bonds. The molecule has 2 aliphatic rings. The van der Waals surface area contributed by atoms with Crippen molar-refractivity contribution in [2.75, 3.05) is 0 Å². The molecule has 4 nitrogen and oxygen atoms in total. The van der Waals surface area contributed by atoms with Crippen molar-refractivity contribution in [3.63, 3.8) is 0 Å². The third kappa shape index (κ3) is 3.45. The summed E-state index contributed by atoms with van der Waals surface area (Å²) in [5, 5.41) is 10.5. The summed E-state index contributed by atoms with van der Waals surface area (Å²) in [6.07, 6.45) is 3.58. The van der Waals surface area contributed by atoms with Gasteiger partial charge in [-0.3, -0.25) is 9.36 Å². The molecule has 1 N–H and O–H groups in total. The van der Waals surface area contributed by atoms with Crippen molar-refractivity contribution in [3.05, 3.63) is 125 Å². The molecule has 6 rings (SSSR count). The van der Waals surface area contributed by atoms with Crippen molar-refractivity contribution in [1.29, 1.82) is 0 Å². The van der Waals surface area contributed by atoms with E-state index in [1.807, 2.05) is 47.0 Å². The number of aryl methyl sites for hydroxylation is 1. The monoisotopic (exact) mass is 470 g/mol. The quantitative estimate of drug-likeness (QED) is 0.462. The van der Waals surface area contributed by atoms with Crippen LogP contribution in [0.25, 0.3) is 11.8 Å². The standard InChI is InChI=1S/C27H19ClN2O2S/c28-19-11-8-18(9-12-19)25-22-13-10-17-5-1-2-7-21(17)24(22)29-27-30(25)26(32)23(33-27)15-16-4-3-6-20(31)14-16/h1-9,11-12,14-15,25,31H,10,13H2. The lowest BCUT2D eigenvalue weighted by Crippen LogP contribution is -2.38. The van der Waals surface area contributed by atoms with Gasteiger partial charge in [-0.25, -0.2) is 4.99 Å². The summed E-state index contributed by atoms with van der Waals surface area (Å²) in [5.41, 5.74) is 6.28. The Bertz CT molecular complexity index is 1610. The smallest absolute Gasteiger partial charge is 0.271 e. The molecule has 4 aromatic rings. The fraction of sp³-hybridized carbons (Fsp3) is 0.111. The van der Waals surface area contributed by atoms with Crippen LogP contribution in [0.15, 0.2) is 88.2 Å². The summed E-state index contributed by atoms with van der Waals surface area (Å²) >= 11 is 7.55. The topological polar surface area (TPSA) is 54.6 Å². The average Bonchev–Trinajstić information content (AvgIpc) is 3.13. The predicted octanol–water partition coefficient (Wildman–Crippen LogP) is 4.68. The minimum Gasteiger partial charge on any atom is -0.508 e. The first-order valence-electron chi connectivity index (χ1n) is 10.8. The normalized spacial score (nSPS) is 17.2. The molecular weight excluding hydrogens is 452 g/mol. The second-order valence-electron chi connectivity index (χ2n) is 8.26. The van der Waals surface area contributed by atoms with Crippen LogP contribution in [0.1, 0.15) is 34.7 Å². The van der Waals surface area contributed by atoms with E-state index >= 15 is 0 Å². The van der Waals surface area contributed by atoms with Crippen LogP contribution in [0.4, 0.5) is 0 Å². The molecule has 6 heteroatoms. The van der Waals surface area contributed by atoms with Crippen LogP contribution in [0.5, 0.6) is 5.75 Å². The largest absolute Gasteiger partial charge is 0.508 e. The van der Waals surface area contributed by atoms with Gasteiger partial charge in [0.2, 0.25) is 0 Å². The zero-order chi connectivity index (χ0) is 22.5. The minimum atomic E-state index is -0.229. The van der Waals surface area contributed by atoms with E-state index in [2.05, 4.69) is 18.2 Å². The SMILES string of the molecule is O=c1c(=Cc2cccc(O)c2)sc2n1C(c1ccc(Cl)cc1)C1=C(N=2)c2ccccc2CC1.